The molecule has 5 nitrogen and oxygen atoms in total. The lowest BCUT2D eigenvalue weighted by molar-refractivity contribution is -0.144. The van der Waals surface area contributed by atoms with Gasteiger partial charge in [0.2, 0.25) is 5.91 Å². The summed E-state index contributed by atoms with van der Waals surface area (Å²) in [6.07, 6.45) is 1.67. The zero-order valence-corrected chi connectivity index (χ0v) is 11.2. The molecule has 0 saturated heterocycles. The average Bonchev–Trinajstić information content (AvgIpc) is 2.28. The Morgan fingerprint density at radius 1 is 1.35 bits per heavy atom. The van der Waals surface area contributed by atoms with Gasteiger partial charge in [-0.25, -0.2) is 0 Å². The summed E-state index contributed by atoms with van der Waals surface area (Å²) in [6.45, 7) is 7.75. The quantitative estimate of drug-likeness (QED) is 0.598. The van der Waals surface area contributed by atoms with Crippen LogP contribution in [0.2, 0.25) is 0 Å². The number of aliphatic carboxylic acids is 1. The lowest BCUT2D eigenvalue weighted by atomic mass is 9.99. The van der Waals surface area contributed by atoms with Gasteiger partial charge in [0.15, 0.2) is 0 Å². The van der Waals surface area contributed by atoms with E-state index in [4.69, 9.17) is 5.11 Å². The Balaban J connectivity index is 3.98. The number of carbonyl (C=O) groups excluding carboxylic acids is 1. The molecule has 0 aliphatic heterocycles. The number of hydrogen-bond acceptors (Lipinski definition) is 3. The van der Waals surface area contributed by atoms with Gasteiger partial charge in [0.1, 0.15) is 5.54 Å². The molecule has 2 unspecified atom stereocenters. The van der Waals surface area contributed by atoms with E-state index in [1.54, 1.807) is 13.8 Å². The predicted molar refractivity (Wildman–Crippen MR) is 66.8 cm³/mol. The van der Waals surface area contributed by atoms with Crippen LogP contribution in [0.1, 0.15) is 47.0 Å². The minimum Gasteiger partial charge on any atom is -0.480 e. The molecule has 100 valence electrons. The van der Waals surface area contributed by atoms with E-state index in [0.29, 0.717) is 19.4 Å². The Labute approximate surface area is 103 Å². The highest BCUT2D eigenvalue weighted by molar-refractivity contribution is 5.79. The molecule has 3 N–H and O–H groups in total. The van der Waals surface area contributed by atoms with E-state index in [2.05, 4.69) is 10.6 Å². The van der Waals surface area contributed by atoms with Crippen molar-refractivity contribution >= 4 is 11.9 Å². The number of carboxylic acid groups (broad SMARTS) is 1. The van der Waals surface area contributed by atoms with Crippen molar-refractivity contribution in [2.45, 2.75) is 58.5 Å². The van der Waals surface area contributed by atoms with E-state index in [0.717, 1.165) is 6.42 Å². The maximum Gasteiger partial charge on any atom is 0.323 e. The van der Waals surface area contributed by atoms with E-state index >= 15 is 0 Å². The lowest BCUT2D eigenvalue weighted by Gasteiger charge is -2.24. The van der Waals surface area contributed by atoms with Crippen molar-refractivity contribution in [3.63, 3.8) is 0 Å². The number of rotatable bonds is 8. The molecule has 0 aromatic heterocycles. The summed E-state index contributed by atoms with van der Waals surface area (Å²) in [5.74, 6) is -0.932. The van der Waals surface area contributed by atoms with Crippen LogP contribution in [0.3, 0.4) is 0 Å². The van der Waals surface area contributed by atoms with E-state index in [1.165, 1.54) is 0 Å². The van der Waals surface area contributed by atoms with Gasteiger partial charge in [0.05, 0.1) is 0 Å². The molecule has 5 heteroatoms. The predicted octanol–water partition coefficient (Wildman–Crippen LogP) is 1.13. The van der Waals surface area contributed by atoms with Crippen LogP contribution in [-0.2, 0) is 9.59 Å². The number of nitrogens with one attached hydrogen (secondary N) is 2. The van der Waals surface area contributed by atoms with Crippen LogP contribution >= 0.6 is 0 Å². The van der Waals surface area contributed by atoms with Gasteiger partial charge >= 0.3 is 5.97 Å². The second kappa shape index (κ2) is 7.27. The molecule has 0 fully saturated rings. The molecule has 0 aromatic carbocycles. The average molecular weight is 244 g/mol. The zero-order valence-electron chi connectivity index (χ0n) is 11.2. The third-order valence-corrected chi connectivity index (χ3v) is 3.07. The number of amides is 1. The van der Waals surface area contributed by atoms with Crippen molar-refractivity contribution in [3.05, 3.63) is 0 Å². The maximum absolute atomic E-state index is 11.5. The van der Waals surface area contributed by atoms with Gasteiger partial charge in [0, 0.05) is 19.0 Å². The molecular weight excluding hydrogens is 220 g/mol. The Bertz CT molecular complexity index is 268. The minimum absolute atomic E-state index is 0.0457. The third kappa shape index (κ3) is 5.68. The molecular formula is C12H24N2O3. The molecule has 0 heterocycles. The fourth-order valence-corrected chi connectivity index (χ4v) is 1.25. The van der Waals surface area contributed by atoms with Crippen LogP contribution in [0.25, 0.3) is 0 Å². The summed E-state index contributed by atoms with van der Waals surface area (Å²) < 4.78 is 0. The first-order chi connectivity index (χ1) is 7.85. The van der Waals surface area contributed by atoms with E-state index in [-0.39, 0.29) is 11.9 Å². The minimum atomic E-state index is -0.948. The molecule has 0 radical (unpaired) electrons. The molecule has 2 atom stereocenters. The topological polar surface area (TPSA) is 78.4 Å². The van der Waals surface area contributed by atoms with E-state index in [9.17, 15) is 9.59 Å². The molecule has 17 heavy (non-hydrogen) atoms. The summed E-state index contributed by atoms with van der Waals surface area (Å²) in [7, 11) is 0. The van der Waals surface area contributed by atoms with Crippen LogP contribution < -0.4 is 10.6 Å². The molecule has 0 rings (SSSR count). The summed E-state index contributed by atoms with van der Waals surface area (Å²) >= 11 is 0. The Morgan fingerprint density at radius 3 is 2.35 bits per heavy atom. The summed E-state index contributed by atoms with van der Waals surface area (Å²) in [5, 5.41) is 14.8. The number of hydrogen-bond donors (Lipinski definition) is 3. The van der Waals surface area contributed by atoms with Gasteiger partial charge in [-0.05, 0) is 26.7 Å². The van der Waals surface area contributed by atoms with Crippen molar-refractivity contribution in [2.75, 3.05) is 6.54 Å². The van der Waals surface area contributed by atoms with Crippen LogP contribution in [0.15, 0.2) is 0 Å². The van der Waals surface area contributed by atoms with Gasteiger partial charge in [-0.3, -0.25) is 9.59 Å². The second-order valence-corrected chi connectivity index (χ2v) is 4.54. The van der Waals surface area contributed by atoms with E-state index < -0.39 is 11.5 Å². The van der Waals surface area contributed by atoms with Crippen LogP contribution in [0, 0.1) is 0 Å². The fourth-order valence-electron chi connectivity index (χ4n) is 1.25. The highest BCUT2D eigenvalue weighted by Crippen LogP contribution is 2.08. The smallest absolute Gasteiger partial charge is 0.323 e. The summed E-state index contributed by atoms with van der Waals surface area (Å²) in [4.78, 5) is 22.4. The molecule has 0 aliphatic rings. The van der Waals surface area contributed by atoms with Crippen molar-refractivity contribution in [1.29, 1.82) is 0 Å². The van der Waals surface area contributed by atoms with Crippen molar-refractivity contribution in [3.8, 4) is 0 Å². The SMILES string of the molecule is CCC(C)NC(=O)CCNC(C)(CC)C(=O)O. The van der Waals surface area contributed by atoms with Crippen LogP contribution in [0.5, 0.6) is 0 Å². The first-order valence-corrected chi connectivity index (χ1v) is 6.13. The third-order valence-electron chi connectivity index (χ3n) is 3.07. The molecule has 0 aliphatic carbocycles. The largest absolute Gasteiger partial charge is 0.480 e. The number of carboxylic acids is 1. The Kier molecular flexibility index (Phi) is 6.80. The van der Waals surface area contributed by atoms with E-state index in [1.807, 2.05) is 13.8 Å². The monoisotopic (exact) mass is 244 g/mol. The highest BCUT2D eigenvalue weighted by atomic mass is 16.4. The first kappa shape index (κ1) is 15.9. The summed E-state index contributed by atoms with van der Waals surface area (Å²) in [6, 6.07) is 0.166. The molecule has 0 spiro atoms. The lowest BCUT2D eigenvalue weighted by Crippen LogP contribution is -2.50. The fraction of sp³-hybridized carbons (Fsp3) is 0.833. The van der Waals surface area contributed by atoms with Crippen LogP contribution in [-0.4, -0.2) is 35.1 Å². The van der Waals surface area contributed by atoms with Crippen molar-refractivity contribution < 1.29 is 14.7 Å². The second-order valence-electron chi connectivity index (χ2n) is 4.54. The van der Waals surface area contributed by atoms with Gasteiger partial charge in [-0.2, -0.15) is 0 Å². The normalized spacial score (nSPS) is 16.0. The number of carbonyl (C=O) groups is 2. The molecule has 0 saturated carbocycles. The van der Waals surface area contributed by atoms with Crippen molar-refractivity contribution in [2.24, 2.45) is 0 Å². The zero-order chi connectivity index (χ0) is 13.5. The van der Waals surface area contributed by atoms with Gasteiger partial charge < -0.3 is 15.7 Å². The van der Waals surface area contributed by atoms with Crippen molar-refractivity contribution in [1.82, 2.24) is 10.6 Å². The molecule has 0 bridgehead atoms. The van der Waals surface area contributed by atoms with Gasteiger partial charge in [0.25, 0.3) is 0 Å². The van der Waals surface area contributed by atoms with Gasteiger partial charge in [-0.1, -0.05) is 13.8 Å². The van der Waals surface area contributed by atoms with Crippen LogP contribution in [0.4, 0.5) is 0 Å². The summed E-state index contributed by atoms with van der Waals surface area (Å²) in [5.41, 5.74) is -0.948. The maximum atomic E-state index is 11.5. The highest BCUT2D eigenvalue weighted by Gasteiger charge is 2.30. The molecule has 0 aromatic rings. The van der Waals surface area contributed by atoms with Gasteiger partial charge in [-0.15, -0.1) is 0 Å². The standard InChI is InChI=1S/C12H24N2O3/c1-5-9(3)14-10(15)7-8-13-12(4,6-2)11(16)17/h9,13H,5-8H2,1-4H3,(H,14,15)(H,16,17). The Morgan fingerprint density at radius 2 is 1.94 bits per heavy atom. The first-order valence-electron chi connectivity index (χ1n) is 6.13. The Hall–Kier alpha value is -1.10. The molecule has 1 amide bonds.